The molecule has 0 saturated carbocycles. The molecule has 0 bridgehead atoms. The molecule has 1 aromatic carbocycles. The Morgan fingerprint density at radius 1 is 1.44 bits per heavy atom. The molecule has 11 nitrogen and oxygen atoms in total. The van der Waals surface area contributed by atoms with Gasteiger partial charge in [0, 0.05) is 17.4 Å². The number of nitrogens with two attached hydrogens (primary N) is 1. The van der Waals surface area contributed by atoms with Crippen molar-refractivity contribution in [3.63, 3.8) is 0 Å². The van der Waals surface area contributed by atoms with Gasteiger partial charge in [-0.25, -0.2) is 18.2 Å². The Morgan fingerprint density at radius 3 is 2.97 bits per heavy atom. The predicted molar refractivity (Wildman–Crippen MR) is 114 cm³/mol. The van der Waals surface area contributed by atoms with Crippen LogP contribution in [-0.4, -0.2) is 55.5 Å². The summed E-state index contributed by atoms with van der Waals surface area (Å²) >= 11 is 5.26. The average molecular weight is 519 g/mol. The van der Waals surface area contributed by atoms with Crippen LogP contribution in [0.4, 0.5) is 19.1 Å². The summed E-state index contributed by atoms with van der Waals surface area (Å²) in [4.78, 5) is 21.9. The maximum Gasteiger partial charge on any atom is 0.381 e. The zero-order valence-electron chi connectivity index (χ0n) is 17.0. The van der Waals surface area contributed by atoms with Crippen molar-refractivity contribution < 1.29 is 36.6 Å². The van der Waals surface area contributed by atoms with Crippen molar-refractivity contribution in [2.75, 3.05) is 12.3 Å². The molecule has 0 aliphatic carbocycles. The van der Waals surface area contributed by atoms with Gasteiger partial charge in [-0.1, -0.05) is 18.2 Å². The number of ether oxygens (including phenoxy) is 1. The monoisotopic (exact) mass is 519 g/mol. The molecule has 2 aliphatic heterocycles. The van der Waals surface area contributed by atoms with E-state index in [4.69, 9.17) is 35.8 Å². The Morgan fingerprint density at radius 2 is 2.21 bits per heavy atom. The summed E-state index contributed by atoms with van der Waals surface area (Å²) < 4.78 is 66.4. The smallest absolute Gasteiger partial charge is 0.381 e. The molecule has 16 heteroatoms. The number of aromatic amines is 1. The van der Waals surface area contributed by atoms with Crippen molar-refractivity contribution in [3.05, 3.63) is 46.5 Å². The summed E-state index contributed by atoms with van der Waals surface area (Å²) in [5.74, 6) is 0.0671. The zero-order chi connectivity index (χ0) is 24.3. The summed E-state index contributed by atoms with van der Waals surface area (Å²) in [6.45, 7) is -4.58. The highest BCUT2D eigenvalue weighted by Crippen LogP contribution is 2.56. The molecule has 5 rings (SSSR count). The average Bonchev–Trinajstić information content (AvgIpc) is 3.32. The quantitative estimate of drug-likeness (QED) is 0.426. The number of hydrogen-bond donors (Lipinski definition) is 3. The predicted octanol–water partition coefficient (Wildman–Crippen LogP) is 1.78. The fourth-order valence-electron chi connectivity index (χ4n) is 3.74. The van der Waals surface area contributed by atoms with Gasteiger partial charge in [-0.3, -0.25) is 23.4 Å². The number of aliphatic hydroxyl groups is 1. The maximum atomic E-state index is 15.2. The molecule has 4 heterocycles. The van der Waals surface area contributed by atoms with E-state index in [1.54, 1.807) is 24.3 Å². The van der Waals surface area contributed by atoms with Crippen molar-refractivity contribution in [3.8, 4) is 5.75 Å². The minimum absolute atomic E-state index is 0.0234. The van der Waals surface area contributed by atoms with E-state index >= 15 is 4.39 Å². The number of anilines is 1. The first-order valence-electron chi connectivity index (χ1n) is 9.80. The number of aromatic nitrogens is 4. The lowest BCUT2D eigenvalue weighted by Gasteiger charge is -2.34. The number of H-pyrrole nitrogens is 1. The number of nitrogen functional groups attached to an aromatic ring is 1. The lowest BCUT2D eigenvalue weighted by atomic mass is 9.97. The molecule has 0 spiro atoms. The molecule has 1 saturated heterocycles. The summed E-state index contributed by atoms with van der Waals surface area (Å²) in [5.41, 5.74) is 2.23. The van der Waals surface area contributed by atoms with Crippen LogP contribution >= 0.6 is 6.72 Å². The van der Waals surface area contributed by atoms with Crippen LogP contribution in [-0.2, 0) is 32.2 Å². The van der Waals surface area contributed by atoms with Gasteiger partial charge in [-0.15, -0.1) is 0 Å². The Hall–Kier alpha value is -2.55. The number of para-hydroxylation sites is 1. The number of aliphatic hydroxyl groups excluding tert-OH is 1. The molecule has 2 aliphatic rings. The minimum atomic E-state index is -3.57. The Labute approximate surface area is 193 Å². The van der Waals surface area contributed by atoms with E-state index in [1.165, 1.54) is 0 Å². The van der Waals surface area contributed by atoms with E-state index in [9.17, 15) is 18.7 Å². The molecule has 1 fully saturated rings. The number of alkyl halides is 3. The number of halogens is 3. The highest BCUT2D eigenvalue weighted by Gasteiger charge is 2.62. The van der Waals surface area contributed by atoms with Crippen LogP contribution in [0.5, 0.6) is 5.75 Å². The summed E-state index contributed by atoms with van der Waals surface area (Å²) in [5, 5.41) is 10.5. The van der Waals surface area contributed by atoms with Crippen molar-refractivity contribution in [2.45, 2.75) is 37.1 Å². The molecule has 1 unspecified atom stereocenters. The van der Waals surface area contributed by atoms with Crippen LogP contribution in [0.25, 0.3) is 11.2 Å². The number of benzene rings is 1. The number of fused-ring (bicyclic) bond motifs is 2. The van der Waals surface area contributed by atoms with Gasteiger partial charge in [0.25, 0.3) is 12.0 Å². The van der Waals surface area contributed by atoms with Crippen LogP contribution in [0.3, 0.4) is 0 Å². The van der Waals surface area contributed by atoms with Crippen LogP contribution in [0.15, 0.2) is 35.4 Å². The SMILES string of the molecule is Nc1nc2c(ncn2[C@@H]2O[C@@](COP3(=S)OCc4ccccc4O3)(C(F)F)[C@H](O)[C@H]2F)c(=O)[nH]1. The third-order valence-electron chi connectivity index (χ3n) is 5.52. The Balaban J connectivity index is 1.43. The van der Waals surface area contributed by atoms with E-state index in [1.807, 2.05) is 0 Å². The number of imidazole rings is 1. The Bertz CT molecular complexity index is 1360. The standard InChI is InChI=1S/C18H17F3N5O6PS/c19-10-12(27)18(16(20)21,6-30-33(34)29-5-8-3-1-2-4-9(8)32-33)31-15(10)26-7-23-11-13(26)24-17(22)25-14(11)28/h1-4,7,10,12,15-16,27H,5-6H2,(H3,22,24,25,28)/t10-,12-,15-,18-,33?/m1/s1. The van der Waals surface area contributed by atoms with E-state index in [2.05, 4.69) is 15.0 Å². The first-order chi connectivity index (χ1) is 16.1. The molecular formula is C18H17F3N5O6PS. The maximum absolute atomic E-state index is 15.2. The van der Waals surface area contributed by atoms with Crippen molar-refractivity contribution >= 4 is 35.6 Å². The molecule has 182 valence electrons. The molecular weight excluding hydrogens is 502 g/mol. The highest BCUT2D eigenvalue weighted by atomic mass is 32.5. The summed E-state index contributed by atoms with van der Waals surface area (Å²) in [6.07, 6.45) is -8.95. The van der Waals surface area contributed by atoms with Crippen molar-refractivity contribution in [1.82, 2.24) is 19.5 Å². The van der Waals surface area contributed by atoms with Crippen LogP contribution < -0.4 is 15.8 Å². The second-order valence-electron chi connectivity index (χ2n) is 7.62. The highest BCUT2D eigenvalue weighted by molar-refractivity contribution is 8.07. The molecule has 2 aromatic heterocycles. The van der Waals surface area contributed by atoms with E-state index in [-0.39, 0.29) is 23.7 Å². The Kier molecular flexibility index (Phi) is 5.66. The number of rotatable bonds is 5. The van der Waals surface area contributed by atoms with Gasteiger partial charge >= 0.3 is 6.72 Å². The lowest BCUT2D eigenvalue weighted by Crippen LogP contribution is -2.52. The largest absolute Gasteiger partial charge is 0.424 e. The van der Waals surface area contributed by atoms with Gasteiger partial charge in [-0.2, -0.15) is 4.98 Å². The zero-order valence-corrected chi connectivity index (χ0v) is 18.7. The van der Waals surface area contributed by atoms with Gasteiger partial charge in [0.2, 0.25) is 5.95 Å². The summed E-state index contributed by atoms with van der Waals surface area (Å²) in [7, 11) is 0. The summed E-state index contributed by atoms with van der Waals surface area (Å²) in [6, 6.07) is 6.80. The van der Waals surface area contributed by atoms with Crippen LogP contribution in [0.2, 0.25) is 0 Å². The van der Waals surface area contributed by atoms with Crippen molar-refractivity contribution in [1.29, 1.82) is 0 Å². The van der Waals surface area contributed by atoms with Gasteiger partial charge in [0.1, 0.15) is 11.9 Å². The molecule has 5 atom stereocenters. The fraction of sp³-hybridized carbons (Fsp3) is 0.389. The lowest BCUT2D eigenvalue weighted by molar-refractivity contribution is -0.192. The minimum Gasteiger partial charge on any atom is -0.424 e. The third-order valence-corrected chi connectivity index (χ3v) is 7.69. The van der Waals surface area contributed by atoms with Gasteiger partial charge < -0.3 is 20.1 Å². The van der Waals surface area contributed by atoms with E-state index in [0.29, 0.717) is 11.3 Å². The third kappa shape index (κ3) is 3.68. The van der Waals surface area contributed by atoms with Crippen LogP contribution in [0, 0.1) is 0 Å². The fourth-order valence-corrected chi connectivity index (χ4v) is 5.55. The van der Waals surface area contributed by atoms with Gasteiger partial charge in [0.15, 0.2) is 29.2 Å². The van der Waals surface area contributed by atoms with E-state index in [0.717, 1.165) is 10.9 Å². The normalized spacial score (nSPS) is 31.0. The number of nitrogens with one attached hydrogen (secondary N) is 1. The van der Waals surface area contributed by atoms with Crippen LogP contribution in [0.1, 0.15) is 11.8 Å². The second-order valence-corrected chi connectivity index (χ2v) is 10.6. The second kappa shape index (κ2) is 8.29. The first kappa shape index (κ1) is 23.2. The number of nitrogens with zero attached hydrogens (tertiary/aromatic N) is 3. The van der Waals surface area contributed by atoms with Crippen molar-refractivity contribution in [2.24, 2.45) is 0 Å². The molecule has 0 radical (unpaired) electrons. The number of hydrogen-bond acceptors (Lipinski definition) is 10. The topological polar surface area (TPSA) is 147 Å². The molecule has 3 aromatic rings. The van der Waals surface area contributed by atoms with Gasteiger partial charge in [0.05, 0.1) is 19.5 Å². The molecule has 4 N–H and O–H groups in total. The molecule has 0 amide bonds. The molecule has 34 heavy (non-hydrogen) atoms. The van der Waals surface area contributed by atoms with Gasteiger partial charge in [-0.05, 0) is 6.07 Å². The van der Waals surface area contributed by atoms with E-state index < -0.39 is 49.4 Å². The first-order valence-corrected chi connectivity index (χ1v) is 12.4.